The highest BCUT2D eigenvalue weighted by Gasteiger charge is 2.22. The zero-order valence-electron chi connectivity index (χ0n) is 18.0. The van der Waals surface area contributed by atoms with E-state index in [2.05, 4.69) is 106 Å². The summed E-state index contributed by atoms with van der Waals surface area (Å²) in [7, 11) is 0. The fourth-order valence-electron chi connectivity index (χ4n) is 4.33. The van der Waals surface area contributed by atoms with E-state index in [0.29, 0.717) is 0 Å². The average molecular weight is 490 g/mol. The van der Waals surface area contributed by atoms with Crippen molar-refractivity contribution in [3.8, 4) is 28.2 Å². The lowest BCUT2D eigenvalue weighted by molar-refractivity contribution is 0.918. The number of hydrogen-bond acceptors (Lipinski definition) is 2. The van der Waals surface area contributed by atoms with E-state index in [9.17, 15) is 0 Å². The van der Waals surface area contributed by atoms with Crippen molar-refractivity contribution in [1.82, 2.24) is 14.8 Å². The second-order valence-electron chi connectivity index (χ2n) is 8.17. The van der Waals surface area contributed by atoms with Gasteiger partial charge < -0.3 is 0 Å². The number of para-hydroxylation sites is 2. The molecule has 0 amide bonds. The molecule has 6 aromatic rings. The van der Waals surface area contributed by atoms with Crippen LogP contribution in [0.4, 0.5) is 0 Å². The molecule has 0 aliphatic heterocycles. The fraction of sp³-hybridized carbons (Fsp3) is 0.0345. The van der Waals surface area contributed by atoms with Gasteiger partial charge in [0, 0.05) is 21.0 Å². The Balaban J connectivity index is 1.80. The molecule has 4 heteroatoms. The highest BCUT2D eigenvalue weighted by atomic mass is 79.9. The Morgan fingerprint density at radius 2 is 1.30 bits per heavy atom. The summed E-state index contributed by atoms with van der Waals surface area (Å²) in [5.74, 6) is 0. The molecule has 0 aliphatic rings. The van der Waals surface area contributed by atoms with Gasteiger partial charge in [0.05, 0.1) is 27.8 Å². The van der Waals surface area contributed by atoms with Gasteiger partial charge in [0.1, 0.15) is 5.69 Å². The normalized spacial score (nSPS) is 11.3. The Hall–Kier alpha value is -3.76. The van der Waals surface area contributed by atoms with E-state index < -0.39 is 0 Å². The van der Waals surface area contributed by atoms with Crippen molar-refractivity contribution in [1.29, 1.82) is 0 Å². The van der Waals surface area contributed by atoms with Crippen molar-refractivity contribution < 1.29 is 0 Å². The Kier molecular flexibility index (Phi) is 4.81. The van der Waals surface area contributed by atoms with Crippen LogP contribution < -0.4 is 0 Å². The Bertz CT molecular complexity index is 1600. The zero-order valence-corrected chi connectivity index (χ0v) is 19.6. The van der Waals surface area contributed by atoms with E-state index in [1.54, 1.807) is 0 Å². The SMILES string of the molecule is Cc1ccc(-c2nc3ccccc3c3c2c(-c2ccc(Br)cc2)nn3-c2ccccc2)cc1. The smallest absolute Gasteiger partial charge is 0.103 e. The summed E-state index contributed by atoms with van der Waals surface area (Å²) in [6, 6.07) is 35.5. The average Bonchev–Trinajstić information content (AvgIpc) is 3.26. The maximum atomic E-state index is 5.17. The van der Waals surface area contributed by atoms with E-state index >= 15 is 0 Å². The van der Waals surface area contributed by atoms with Gasteiger partial charge in [0.25, 0.3) is 0 Å². The van der Waals surface area contributed by atoms with Crippen molar-refractivity contribution in [3.63, 3.8) is 0 Å². The molecule has 0 bridgehead atoms. The van der Waals surface area contributed by atoms with E-state index in [1.807, 2.05) is 24.3 Å². The molecule has 0 atom stereocenters. The van der Waals surface area contributed by atoms with Crippen LogP contribution in [-0.2, 0) is 0 Å². The number of fused-ring (bicyclic) bond motifs is 3. The van der Waals surface area contributed by atoms with E-state index in [4.69, 9.17) is 10.1 Å². The molecule has 0 N–H and O–H groups in total. The highest BCUT2D eigenvalue weighted by molar-refractivity contribution is 9.10. The first-order valence-electron chi connectivity index (χ1n) is 10.9. The van der Waals surface area contributed by atoms with Crippen LogP contribution in [0.1, 0.15) is 5.56 Å². The van der Waals surface area contributed by atoms with Crippen LogP contribution in [0.25, 0.3) is 50.0 Å². The third-order valence-electron chi connectivity index (χ3n) is 5.96. The molecule has 3 nitrogen and oxygen atoms in total. The van der Waals surface area contributed by atoms with Gasteiger partial charge in [-0.2, -0.15) is 5.10 Å². The molecule has 0 fully saturated rings. The lowest BCUT2D eigenvalue weighted by Gasteiger charge is -2.10. The molecule has 2 heterocycles. The van der Waals surface area contributed by atoms with Crippen LogP contribution >= 0.6 is 15.9 Å². The second-order valence-corrected chi connectivity index (χ2v) is 9.09. The summed E-state index contributed by atoms with van der Waals surface area (Å²) < 4.78 is 3.11. The molecular weight excluding hydrogens is 470 g/mol. The van der Waals surface area contributed by atoms with E-state index in [-0.39, 0.29) is 0 Å². The molecule has 2 aromatic heterocycles. The van der Waals surface area contributed by atoms with Crippen molar-refractivity contribution in [3.05, 3.63) is 113 Å². The van der Waals surface area contributed by atoms with Crippen molar-refractivity contribution in [2.24, 2.45) is 0 Å². The standard InChI is InChI=1S/C29H20BrN3/c1-19-11-13-20(14-12-19)27-26-28(21-15-17-22(30)18-16-21)32-33(23-7-3-2-4-8-23)29(26)24-9-5-6-10-25(24)31-27/h2-18H,1H3. The molecule has 4 aromatic carbocycles. The molecule has 0 aliphatic carbocycles. The van der Waals surface area contributed by atoms with Crippen LogP contribution in [-0.4, -0.2) is 14.8 Å². The van der Waals surface area contributed by atoms with Gasteiger partial charge in [0.2, 0.25) is 0 Å². The quantitative estimate of drug-likeness (QED) is 0.252. The van der Waals surface area contributed by atoms with Crippen LogP contribution in [0.2, 0.25) is 0 Å². The van der Waals surface area contributed by atoms with Crippen LogP contribution in [0.15, 0.2) is 108 Å². The molecule has 0 spiro atoms. The van der Waals surface area contributed by atoms with Gasteiger partial charge >= 0.3 is 0 Å². The number of rotatable bonds is 3. The maximum absolute atomic E-state index is 5.17. The minimum atomic E-state index is 0.926. The van der Waals surface area contributed by atoms with Gasteiger partial charge in [0.15, 0.2) is 0 Å². The van der Waals surface area contributed by atoms with Gasteiger partial charge in [-0.15, -0.1) is 0 Å². The minimum absolute atomic E-state index is 0.926. The summed E-state index contributed by atoms with van der Waals surface area (Å²) >= 11 is 3.56. The van der Waals surface area contributed by atoms with Gasteiger partial charge in [-0.05, 0) is 37.3 Å². The Morgan fingerprint density at radius 1 is 0.667 bits per heavy atom. The second kappa shape index (κ2) is 7.98. The summed E-state index contributed by atoms with van der Waals surface area (Å²) in [5, 5.41) is 7.32. The van der Waals surface area contributed by atoms with E-state index in [1.165, 1.54) is 5.56 Å². The minimum Gasteiger partial charge on any atom is -0.247 e. The van der Waals surface area contributed by atoms with Crippen molar-refractivity contribution in [2.75, 3.05) is 0 Å². The van der Waals surface area contributed by atoms with Gasteiger partial charge in [-0.25, -0.2) is 9.67 Å². The summed E-state index contributed by atoms with van der Waals surface area (Å²) in [5.41, 5.74) is 8.30. The molecule has 0 radical (unpaired) electrons. The first-order chi connectivity index (χ1) is 16.2. The van der Waals surface area contributed by atoms with Gasteiger partial charge in [-0.3, -0.25) is 0 Å². The monoisotopic (exact) mass is 489 g/mol. The molecule has 0 saturated heterocycles. The topological polar surface area (TPSA) is 30.7 Å². The number of aromatic nitrogens is 3. The summed E-state index contributed by atoms with van der Waals surface area (Å²) in [4.78, 5) is 5.15. The Labute approximate surface area is 200 Å². The van der Waals surface area contributed by atoms with E-state index in [0.717, 1.165) is 54.5 Å². The van der Waals surface area contributed by atoms with Crippen LogP contribution in [0.5, 0.6) is 0 Å². The molecule has 158 valence electrons. The summed E-state index contributed by atoms with van der Waals surface area (Å²) in [6.07, 6.45) is 0. The van der Waals surface area contributed by atoms with Crippen LogP contribution in [0, 0.1) is 6.92 Å². The predicted octanol–water partition coefficient (Wildman–Crippen LogP) is 7.98. The lowest BCUT2D eigenvalue weighted by Crippen LogP contribution is -1.97. The van der Waals surface area contributed by atoms with Crippen molar-refractivity contribution >= 4 is 37.7 Å². The maximum Gasteiger partial charge on any atom is 0.103 e. The molecule has 0 unspecified atom stereocenters. The first-order valence-corrected chi connectivity index (χ1v) is 11.7. The van der Waals surface area contributed by atoms with Crippen molar-refractivity contribution in [2.45, 2.75) is 6.92 Å². The number of hydrogen-bond donors (Lipinski definition) is 0. The fourth-order valence-corrected chi connectivity index (χ4v) is 4.59. The third kappa shape index (κ3) is 3.43. The number of halogens is 1. The zero-order chi connectivity index (χ0) is 22.4. The molecule has 0 saturated carbocycles. The third-order valence-corrected chi connectivity index (χ3v) is 6.49. The molecule has 33 heavy (non-hydrogen) atoms. The largest absolute Gasteiger partial charge is 0.247 e. The Morgan fingerprint density at radius 3 is 2.06 bits per heavy atom. The van der Waals surface area contributed by atoms with Crippen LogP contribution in [0.3, 0.4) is 0 Å². The number of aryl methyl sites for hydroxylation is 1. The molecular formula is C29H20BrN3. The predicted molar refractivity (Wildman–Crippen MR) is 140 cm³/mol. The number of pyridine rings is 1. The first kappa shape index (κ1) is 19.9. The summed E-state index contributed by atoms with van der Waals surface area (Å²) in [6.45, 7) is 2.11. The number of nitrogens with zero attached hydrogens (tertiary/aromatic N) is 3. The van der Waals surface area contributed by atoms with Gasteiger partial charge in [-0.1, -0.05) is 94.3 Å². The highest BCUT2D eigenvalue weighted by Crippen LogP contribution is 2.40. The number of benzene rings is 4. The lowest BCUT2D eigenvalue weighted by atomic mass is 9.99. The molecule has 6 rings (SSSR count).